The van der Waals surface area contributed by atoms with E-state index in [4.69, 9.17) is 22.7 Å². The lowest BCUT2D eigenvalue weighted by Crippen LogP contribution is -2.47. The minimum absolute atomic E-state index is 0.329. The van der Waals surface area contributed by atoms with Gasteiger partial charge < -0.3 is 15.4 Å². The first kappa shape index (κ1) is 14.8. The van der Waals surface area contributed by atoms with E-state index in [0.29, 0.717) is 11.1 Å². The molecule has 1 saturated heterocycles. The summed E-state index contributed by atoms with van der Waals surface area (Å²) in [5, 5.41) is 0. The van der Waals surface area contributed by atoms with E-state index >= 15 is 0 Å². The molecular formula is C12H25N3OS. The Kier molecular flexibility index (Phi) is 6.96. The van der Waals surface area contributed by atoms with Crippen LogP contribution < -0.4 is 5.73 Å². The van der Waals surface area contributed by atoms with Gasteiger partial charge in [-0.2, -0.15) is 0 Å². The number of rotatable bonds is 7. The number of thiocarbonyl (C=S) groups is 1. The second kappa shape index (κ2) is 7.97. The fourth-order valence-corrected chi connectivity index (χ4v) is 2.20. The van der Waals surface area contributed by atoms with Crippen LogP contribution in [0.4, 0.5) is 0 Å². The first-order valence-corrected chi connectivity index (χ1v) is 6.91. The molecular weight excluding hydrogens is 234 g/mol. The van der Waals surface area contributed by atoms with Crippen LogP contribution in [0.25, 0.3) is 0 Å². The molecule has 17 heavy (non-hydrogen) atoms. The van der Waals surface area contributed by atoms with Crippen LogP contribution in [0.3, 0.4) is 0 Å². The summed E-state index contributed by atoms with van der Waals surface area (Å²) in [4.78, 5) is 5.40. The summed E-state index contributed by atoms with van der Waals surface area (Å²) >= 11 is 4.92. The number of nitrogens with zero attached hydrogens (tertiary/aromatic N) is 2. The third kappa shape index (κ3) is 5.77. The zero-order valence-corrected chi connectivity index (χ0v) is 11.8. The molecule has 1 atom stereocenters. The molecule has 1 aliphatic heterocycles. The van der Waals surface area contributed by atoms with Crippen molar-refractivity contribution >= 4 is 17.2 Å². The molecule has 1 heterocycles. The SMILES string of the molecule is CCN1CCOC(CN(CC)CCC(N)=S)C1. The zero-order valence-electron chi connectivity index (χ0n) is 11.0. The van der Waals surface area contributed by atoms with Gasteiger partial charge in [0.1, 0.15) is 0 Å². The first-order valence-electron chi connectivity index (χ1n) is 6.50. The number of ether oxygens (including phenoxy) is 1. The predicted octanol–water partition coefficient (Wildman–Crippen LogP) is 0.705. The lowest BCUT2D eigenvalue weighted by Gasteiger charge is -2.34. The third-order valence-corrected chi connectivity index (χ3v) is 3.46. The van der Waals surface area contributed by atoms with E-state index in [1.165, 1.54) is 0 Å². The van der Waals surface area contributed by atoms with E-state index in [1.54, 1.807) is 0 Å². The molecule has 0 aliphatic carbocycles. The quantitative estimate of drug-likeness (QED) is 0.682. The van der Waals surface area contributed by atoms with Gasteiger partial charge in [0.2, 0.25) is 0 Å². The molecule has 0 aromatic rings. The fourth-order valence-electron chi connectivity index (χ4n) is 2.11. The van der Waals surface area contributed by atoms with E-state index in [0.717, 1.165) is 52.3 Å². The van der Waals surface area contributed by atoms with Crippen LogP contribution in [0, 0.1) is 0 Å². The molecule has 4 nitrogen and oxygen atoms in total. The zero-order chi connectivity index (χ0) is 12.7. The van der Waals surface area contributed by atoms with Crippen LogP contribution in [-0.4, -0.2) is 66.8 Å². The van der Waals surface area contributed by atoms with Gasteiger partial charge in [0, 0.05) is 32.6 Å². The number of morpholine rings is 1. The van der Waals surface area contributed by atoms with Crippen LogP contribution in [0.2, 0.25) is 0 Å². The maximum absolute atomic E-state index is 5.80. The van der Waals surface area contributed by atoms with Gasteiger partial charge in [-0.25, -0.2) is 0 Å². The topological polar surface area (TPSA) is 41.7 Å². The highest BCUT2D eigenvalue weighted by Gasteiger charge is 2.21. The van der Waals surface area contributed by atoms with E-state index < -0.39 is 0 Å². The Bertz CT molecular complexity index is 238. The van der Waals surface area contributed by atoms with E-state index in [2.05, 4.69) is 23.6 Å². The minimum atomic E-state index is 0.329. The average molecular weight is 259 g/mol. The average Bonchev–Trinajstić information content (AvgIpc) is 2.34. The predicted molar refractivity (Wildman–Crippen MR) is 75.4 cm³/mol. The molecule has 1 fully saturated rings. The molecule has 1 rings (SSSR count). The summed E-state index contributed by atoms with van der Waals surface area (Å²) in [6, 6.07) is 0. The second-order valence-corrected chi connectivity index (χ2v) is 5.02. The highest BCUT2D eigenvalue weighted by Crippen LogP contribution is 2.07. The maximum Gasteiger partial charge on any atom is 0.0829 e. The van der Waals surface area contributed by atoms with Gasteiger partial charge in [0.25, 0.3) is 0 Å². The molecule has 0 spiro atoms. The third-order valence-electron chi connectivity index (χ3n) is 3.25. The van der Waals surface area contributed by atoms with E-state index in [9.17, 15) is 0 Å². The number of likely N-dealkylation sites (N-methyl/N-ethyl adjacent to an activating group) is 2. The van der Waals surface area contributed by atoms with E-state index in [1.807, 2.05) is 0 Å². The second-order valence-electron chi connectivity index (χ2n) is 4.50. The van der Waals surface area contributed by atoms with Crippen molar-refractivity contribution in [3.05, 3.63) is 0 Å². The monoisotopic (exact) mass is 259 g/mol. The lowest BCUT2D eigenvalue weighted by molar-refractivity contribution is -0.0409. The van der Waals surface area contributed by atoms with Crippen LogP contribution in [0.5, 0.6) is 0 Å². The van der Waals surface area contributed by atoms with Gasteiger partial charge in [-0.15, -0.1) is 0 Å². The molecule has 100 valence electrons. The molecule has 1 aliphatic rings. The van der Waals surface area contributed by atoms with Crippen molar-refractivity contribution in [2.24, 2.45) is 5.73 Å². The minimum Gasteiger partial charge on any atom is -0.393 e. The van der Waals surface area contributed by atoms with Gasteiger partial charge in [0.15, 0.2) is 0 Å². The summed E-state index contributed by atoms with van der Waals surface area (Å²) in [7, 11) is 0. The summed E-state index contributed by atoms with van der Waals surface area (Å²) in [6.45, 7) is 11.4. The molecule has 2 N–H and O–H groups in total. The van der Waals surface area contributed by atoms with E-state index in [-0.39, 0.29) is 0 Å². The molecule has 0 aromatic heterocycles. The molecule has 0 aromatic carbocycles. The largest absolute Gasteiger partial charge is 0.393 e. The van der Waals surface area contributed by atoms with Crippen molar-refractivity contribution in [2.75, 3.05) is 45.9 Å². The smallest absolute Gasteiger partial charge is 0.0829 e. The van der Waals surface area contributed by atoms with Crippen molar-refractivity contribution in [1.29, 1.82) is 0 Å². The van der Waals surface area contributed by atoms with Gasteiger partial charge in [0.05, 0.1) is 17.7 Å². The summed E-state index contributed by atoms with van der Waals surface area (Å²) in [6.07, 6.45) is 1.13. The number of hydrogen-bond donors (Lipinski definition) is 1. The molecule has 5 heteroatoms. The Morgan fingerprint density at radius 2 is 2.29 bits per heavy atom. The van der Waals surface area contributed by atoms with Gasteiger partial charge in [-0.05, 0) is 13.1 Å². The highest BCUT2D eigenvalue weighted by atomic mass is 32.1. The van der Waals surface area contributed by atoms with Crippen molar-refractivity contribution in [3.8, 4) is 0 Å². The summed E-state index contributed by atoms with van der Waals surface area (Å²) in [5.41, 5.74) is 5.54. The fraction of sp³-hybridized carbons (Fsp3) is 0.917. The lowest BCUT2D eigenvalue weighted by atomic mass is 10.2. The van der Waals surface area contributed by atoms with Crippen molar-refractivity contribution in [1.82, 2.24) is 9.80 Å². The van der Waals surface area contributed by atoms with Gasteiger partial charge >= 0.3 is 0 Å². The Labute approximate surface area is 110 Å². The van der Waals surface area contributed by atoms with Crippen LogP contribution in [0.1, 0.15) is 20.3 Å². The Hall–Kier alpha value is -0.230. The Morgan fingerprint density at radius 1 is 1.53 bits per heavy atom. The van der Waals surface area contributed by atoms with Crippen LogP contribution >= 0.6 is 12.2 Å². The van der Waals surface area contributed by atoms with Gasteiger partial charge in [-0.3, -0.25) is 4.90 Å². The van der Waals surface area contributed by atoms with Gasteiger partial charge in [-0.1, -0.05) is 26.1 Å². The number of hydrogen-bond acceptors (Lipinski definition) is 4. The van der Waals surface area contributed by atoms with Crippen LogP contribution in [0.15, 0.2) is 0 Å². The normalized spacial score (nSPS) is 21.9. The molecule has 0 radical (unpaired) electrons. The molecule has 1 unspecified atom stereocenters. The standard InChI is InChI=1S/C12H25N3OS/c1-3-14(6-5-12(13)17)9-11-10-15(4-2)7-8-16-11/h11H,3-10H2,1-2H3,(H2,13,17). The Balaban J connectivity index is 2.31. The summed E-state index contributed by atoms with van der Waals surface area (Å²) < 4.78 is 5.80. The first-order chi connectivity index (χ1) is 8.15. The van der Waals surface area contributed by atoms with Crippen molar-refractivity contribution in [2.45, 2.75) is 26.4 Å². The molecule has 0 saturated carbocycles. The number of nitrogens with two attached hydrogens (primary N) is 1. The van der Waals surface area contributed by atoms with Crippen molar-refractivity contribution < 1.29 is 4.74 Å². The molecule has 0 bridgehead atoms. The highest BCUT2D eigenvalue weighted by molar-refractivity contribution is 7.80. The van der Waals surface area contributed by atoms with Crippen LogP contribution in [-0.2, 0) is 4.74 Å². The molecule has 0 amide bonds. The summed E-state index contributed by atoms with van der Waals surface area (Å²) in [5.74, 6) is 0. The Morgan fingerprint density at radius 3 is 2.88 bits per heavy atom. The maximum atomic E-state index is 5.80. The van der Waals surface area contributed by atoms with Crippen molar-refractivity contribution in [3.63, 3.8) is 0 Å².